The number of benzene rings is 2. The summed E-state index contributed by atoms with van der Waals surface area (Å²) in [4.78, 5) is 4.41. The van der Waals surface area contributed by atoms with Crippen molar-refractivity contribution in [2.24, 2.45) is 0 Å². The first kappa shape index (κ1) is 13.3. The van der Waals surface area contributed by atoms with Crippen LogP contribution >= 0.6 is 15.9 Å². The smallest absolute Gasteiger partial charge is 0.196 e. The summed E-state index contributed by atoms with van der Waals surface area (Å²) in [6.07, 6.45) is 0.581. The summed E-state index contributed by atoms with van der Waals surface area (Å²) in [6.45, 7) is 1.88. The van der Waals surface area contributed by atoms with Gasteiger partial charge in [-0.2, -0.15) is 0 Å². The highest BCUT2D eigenvalue weighted by atomic mass is 79.9. The van der Waals surface area contributed by atoms with E-state index in [4.69, 9.17) is 4.42 Å². The van der Waals surface area contributed by atoms with E-state index in [2.05, 4.69) is 20.9 Å². The maximum absolute atomic E-state index is 13.4. The second-order valence-electron chi connectivity index (χ2n) is 4.81. The number of rotatable bonds is 3. The number of hydrogen-bond acceptors (Lipinski definition) is 2. The minimum atomic E-state index is -0.220. The molecule has 4 heteroatoms. The van der Waals surface area contributed by atoms with Gasteiger partial charge in [0.05, 0.1) is 0 Å². The van der Waals surface area contributed by atoms with E-state index in [1.165, 1.54) is 12.1 Å². The molecule has 3 aromatic rings. The van der Waals surface area contributed by atoms with Crippen molar-refractivity contribution in [1.82, 2.24) is 4.98 Å². The van der Waals surface area contributed by atoms with Gasteiger partial charge < -0.3 is 4.42 Å². The normalized spacial score (nSPS) is 12.8. The number of fused-ring (bicyclic) bond motifs is 1. The summed E-state index contributed by atoms with van der Waals surface area (Å²) < 4.78 is 19.1. The molecule has 0 saturated carbocycles. The molecule has 1 heterocycles. The van der Waals surface area contributed by atoms with Crippen LogP contribution in [-0.4, -0.2) is 4.98 Å². The van der Waals surface area contributed by atoms with Crippen molar-refractivity contribution < 1.29 is 8.81 Å². The Kier molecular flexibility index (Phi) is 3.57. The molecule has 0 aliphatic rings. The van der Waals surface area contributed by atoms with Gasteiger partial charge in [0.25, 0.3) is 0 Å². The molecule has 0 aliphatic carbocycles. The summed E-state index contributed by atoms with van der Waals surface area (Å²) in [5.41, 5.74) is 3.42. The first-order valence-electron chi connectivity index (χ1n) is 6.37. The van der Waals surface area contributed by atoms with E-state index in [0.29, 0.717) is 12.3 Å². The topological polar surface area (TPSA) is 26.0 Å². The average molecular weight is 334 g/mol. The molecule has 0 radical (unpaired) electrons. The molecule has 0 spiro atoms. The molecule has 0 amide bonds. The van der Waals surface area contributed by atoms with E-state index in [-0.39, 0.29) is 10.6 Å². The fourth-order valence-electron chi connectivity index (χ4n) is 2.22. The Morgan fingerprint density at radius 1 is 1.25 bits per heavy atom. The molecule has 2 aromatic carbocycles. The number of nitrogens with zero attached hydrogens (tertiary/aromatic N) is 1. The molecule has 3 rings (SSSR count). The first-order chi connectivity index (χ1) is 9.61. The Morgan fingerprint density at radius 2 is 2.05 bits per heavy atom. The van der Waals surface area contributed by atoms with Crippen molar-refractivity contribution in [2.45, 2.75) is 18.2 Å². The fourth-order valence-corrected chi connectivity index (χ4v) is 2.77. The highest BCUT2D eigenvalue weighted by Crippen LogP contribution is 2.29. The lowest BCUT2D eigenvalue weighted by Crippen LogP contribution is -1.97. The summed E-state index contributed by atoms with van der Waals surface area (Å²) in [5.74, 6) is 0.428. The number of halogens is 2. The lowest BCUT2D eigenvalue weighted by molar-refractivity contribution is 0.527. The van der Waals surface area contributed by atoms with Gasteiger partial charge in [0.15, 0.2) is 11.5 Å². The minimum Gasteiger partial charge on any atom is -0.441 e. The molecule has 0 saturated heterocycles. The van der Waals surface area contributed by atoms with Gasteiger partial charge in [-0.3, -0.25) is 0 Å². The molecule has 20 heavy (non-hydrogen) atoms. The zero-order valence-corrected chi connectivity index (χ0v) is 12.5. The van der Waals surface area contributed by atoms with Crippen LogP contribution in [0.25, 0.3) is 11.1 Å². The number of aryl methyl sites for hydroxylation is 1. The summed E-state index contributed by atoms with van der Waals surface area (Å²) in [6, 6.07) is 12.7. The third kappa shape index (κ3) is 2.75. The fraction of sp³-hybridized carbons (Fsp3) is 0.188. The number of aromatic nitrogens is 1. The van der Waals surface area contributed by atoms with Crippen LogP contribution in [0.2, 0.25) is 0 Å². The molecule has 102 valence electrons. The zero-order chi connectivity index (χ0) is 14.1. The van der Waals surface area contributed by atoms with Crippen LogP contribution in [0, 0.1) is 12.7 Å². The third-order valence-corrected chi connectivity index (χ3v) is 3.97. The third-order valence-electron chi connectivity index (χ3n) is 3.12. The van der Waals surface area contributed by atoms with Gasteiger partial charge in [0.1, 0.15) is 11.3 Å². The molecule has 0 fully saturated rings. The van der Waals surface area contributed by atoms with Crippen molar-refractivity contribution in [1.29, 1.82) is 0 Å². The van der Waals surface area contributed by atoms with Gasteiger partial charge in [0, 0.05) is 11.2 Å². The van der Waals surface area contributed by atoms with Crippen LogP contribution < -0.4 is 0 Å². The number of alkyl halides is 1. The van der Waals surface area contributed by atoms with E-state index in [1.807, 2.05) is 37.3 Å². The van der Waals surface area contributed by atoms with E-state index in [1.54, 1.807) is 0 Å². The molecule has 0 aliphatic heterocycles. The van der Waals surface area contributed by atoms with Crippen molar-refractivity contribution in [2.75, 3.05) is 0 Å². The maximum atomic E-state index is 13.4. The lowest BCUT2D eigenvalue weighted by Gasteiger charge is -2.09. The second-order valence-corrected chi connectivity index (χ2v) is 5.91. The molecule has 2 nitrogen and oxygen atoms in total. The predicted molar refractivity (Wildman–Crippen MR) is 80.5 cm³/mol. The Balaban J connectivity index is 1.86. The van der Waals surface area contributed by atoms with E-state index < -0.39 is 0 Å². The highest BCUT2D eigenvalue weighted by molar-refractivity contribution is 9.09. The molecule has 0 N–H and O–H groups in total. The number of para-hydroxylation sites is 2. The van der Waals surface area contributed by atoms with Crippen molar-refractivity contribution in [3.05, 3.63) is 65.3 Å². The minimum absolute atomic E-state index is 0.0232. The van der Waals surface area contributed by atoms with Gasteiger partial charge in [-0.15, -0.1) is 0 Å². The quantitative estimate of drug-likeness (QED) is 0.633. The summed E-state index contributed by atoms with van der Waals surface area (Å²) in [7, 11) is 0. The zero-order valence-electron chi connectivity index (χ0n) is 10.9. The SMILES string of the molecule is Cc1cc(F)cc(C(Br)Cc2nc3ccccc3o2)c1. The van der Waals surface area contributed by atoms with Crippen molar-refractivity contribution >= 4 is 27.0 Å². The highest BCUT2D eigenvalue weighted by Gasteiger charge is 2.14. The molecule has 1 unspecified atom stereocenters. The Morgan fingerprint density at radius 3 is 2.80 bits per heavy atom. The number of hydrogen-bond donors (Lipinski definition) is 0. The standard InChI is InChI=1S/C16H13BrFNO/c1-10-6-11(8-12(18)7-10)13(17)9-16-19-14-4-2-3-5-15(14)20-16/h2-8,13H,9H2,1H3. The largest absolute Gasteiger partial charge is 0.441 e. The van der Waals surface area contributed by atoms with E-state index in [9.17, 15) is 4.39 Å². The molecular formula is C16H13BrFNO. The van der Waals surface area contributed by atoms with Gasteiger partial charge in [-0.05, 0) is 42.3 Å². The average Bonchev–Trinajstić information content (AvgIpc) is 2.79. The van der Waals surface area contributed by atoms with Crippen LogP contribution in [0.3, 0.4) is 0 Å². The lowest BCUT2D eigenvalue weighted by atomic mass is 10.1. The van der Waals surface area contributed by atoms with E-state index >= 15 is 0 Å². The Bertz CT molecular complexity index is 700. The van der Waals surface area contributed by atoms with Gasteiger partial charge >= 0.3 is 0 Å². The summed E-state index contributed by atoms with van der Waals surface area (Å²) >= 11 is 3.58. The molecule has 0 bridgehead atoms. The Labute approximate surface area is 124 Å². The monoisotopic (exact) mass is 333 g/mol. The summed E-state index contributed by atoms with van der Waals surface area (Å²) in [5, 5.41) is 0. The van der Waals surface area contributed by atoms with Crippen molar-refractivity contribution in [3.8, 4) is 0 Å². The van der Waals surface area contributed by atoms with Gasteiger partial charge in [0.2, 0.25) is 0 Å². The van der Waals surface area contributed by atoms with Crippen molar-refractivity contribution in [3.63, 3.8) is 0 Å². The molecular weight excluding hydrogens is 321 g/mol. The maximum Gasteiger partial charge on any atom is 0.196 e. The molecule has 1 aromatic heterocycles. The van der Waals surface area contributed by atoms with Crippen LogP contribution in [0.4, 0.5) is 4.39 Å². The first-order valence-corrected chi connectivity index (χ1v) is 7.29. The van der Waals surface area contributed by atoms with Gasteiger partial charge in [-0.1, -0.05) is 34.1 Å². The van der Waals surface area contributed by atoms with Crippen LogP contribution in [0.1, 0.15) is 21.8 Å². The van der Waals surface area contributed by atoms with E-state index in [0.717, 1.165) is 22.2 Å². The Hall–Kier alpha value is -1.68. The van der Waals surface area contributed by atoms with Crippen LogP contribution in [-0.2, 0) is 6.42 Å². The molecule has 1 atom stereocenters. The van der Waals surface area contributed by atoms with Crippen LogP contribution in [0.15, 0.2) is 46.9 Å². The van der Waals surface area contributed by atoms with Gasteiger partial charge in [-0.25, -0.2) is 9.37 Å². The van der Waals surface area contributed by atoms with Crippen LogP contribution in [0.5, 0.6) is 0 Å². The number of oxazole rings is 1. The predicted octanol–water partition coefficient (Wildman–Crippen LogP) is 4.95. The second kappa shape index (κ2) is 5.37.